The molecule has 6 heteroatoms. The summed E-state index contributed by atoms with van der Waals surface area (Å²) in [5.74, 6) is -0.766. The third-order valence-corrected chi connectivity index (χ3v) is 4.07. The molecule has 2 aliphatic rings. The van der Waals surface area contributed by atoms with E-state index < -0.39 is 5.97 Å². The van der Waals surface area contributed by atoms with Crippen molar-refractivity contribution >= 4 is 12.0 Å². The zero-order valence-corrected chi connectivity index (χ0v) is 11.5. The van der Waals surface area contributed by atoms with Crippen molar-refractivity contribution in [3.05, 3.63) is 0 Å². The monoisotopic (exact) mass is 269 g/mol. The van der Waals surface area contributed by atoms with Gasteiger partial charge in [-0.25, -0.2) is 4.79 Å². The molecule has 0 unspecified atom stereocenters. The normalized spacial score (nSPS) is 22.1. The summed E-state index contributed by atoms with van der Waals surface area (Å²) in [4.78, 5) is 26.4. The minimum atomic E-state index is -0.766. The Bertz CT molecular complexity index is 347. The lowest BCUT2D eigenvalue weighted by atomic mass is 10.1. The summed E-state index contributed by atoms with van der Waals surface area (Å²) >= 11 is 0. The summed E-state index contributed by atoms with van der Waals surface area (Å²) in [5, 5.41) is 11.6. The summed E-state index contributed by atoms with van der Waals surface area (Å²) in [5.41, 5.74) is 0.332. The SMILES string of the molecule is CC1(CNC(=O)N2CCN(CCC(=O)O)CC2)CC1. The second-order valence-corrected chi connectivity index (χ2v) is 5.94. The number of hydrogen-bond acceptors (Lipinski definition) is 3. The molecule has 2 amide bonds. The predicted molar refractivity (Wildman–Crippen MR) is 71.0 cm³/mol. The Labute approximate surface area is 113 Å². The van der Waals surface area contributed by atoms with Gasteiger partial charge in [0.1, 0.15) is 0 Å². The second-order valence-electron chi connectivity index (χ2n) is 5.94. The lowest BCUT2D eigenvalue weighted by Crippen LogP contribution is -2.52. The van der Waals surface area contributed by atoms with Crippen LogP contribution in [0.1, 0.15) is 26.2 Å². The molecule has 0 radical (unpaired) electrons. The first-order valence-corrected chi connectivity index (χ1v) is 6.95. The molecule has 2 N–H and O–H groups in total. The molecule has 1 saturated carbocycles. The zero-order chi connectivity index (χ0) is 13.9. The number of carbonyl (C=O) groups excluding carboxylic acids is 1. The number of aliphatic carboxylic acids is 1. The minimum absolute atomic E-state index is 0.0195. The number of carboxylic acids is 1. The summed E-state index contributed by atoms with van der Waals surface area (Å²) < 4.78 is 0. The van der Waals surface area contributed by atoms with Crippen molar-refractivity contribution in [1.29, 1.82) is 0 Å². The third-order valence-electron chi connectivity index (χ3n) is 4.07. The number of hydrogen-bond donors (Lipinski definition) is 2. The highest BCUT2D eigenvalue weighted by atomic mass is 16.4. The van der Waals surface area contributed by atoms with E-state index in [-0.39, 0.29) is 12.5 Å². The van der Waals surface area contributed by atoms with Crippen LogP contribution in [0.5, 0.6) is 0 Å². The van der Waals surface area contributed by atoms with Gasteiger partial charge in [0.05, 0.1) is 6.42 Å². The van der Waals surface area contributed by atoms with Gasteiger partial charge >= 0.3 is 12.0 Å². The molecule has 2 rings (SSSR count). The Morgan fingerprint density at radius 3 is 2.37 bits per heavy atom. The smallest absolute Gasteiger partial charge is 0.317 e. The first-order chi connectivity index (χ1) is 8.98. The summed E-state index contributed by atoms with van der Waals surface area (Å²) in [6, 6.07) is 0.0195. The summed E-state index contributed by atoms with van der Waals surface area (Å²) in [7, 11) is 0. The van der Waals surface area contributed by atoms with Gasteiger partial charge in [-0.05, 0) is 18.3 Å². The van der Waals surface area contributed by atoms with E-state index in [0.717, 1.165) is 19.6 Å². The lowest BCUT2D eigenvalue weighted by Gasteiger charge is -2.34. The van der Waals surface area contributed by atoms with Gasteiger partial charge in [0.15, 0.2) is 0 Å². The van der Waals surface area contributed by atoms with E-state index in [1.807, 2.05) is 4.90 Å². The van der Waals surface area contributed by atoms with Crippen LogP contribution in [0.2, 0.25) is 0 Å². The van der Waals surface area contributed by atoms with Crippen LogP contribution in [-0.2, 0) is 4.79 Å². The minimum Gasteiger partial charge on any atom is -0.481 e. The van der Waals surface area contributed by atoms with E-state index in [2.05, 4.69) is 17.1 Å². The van der Waals surface area contributed by atoms with E-state index in [9.17, 15) is 9.59 Å². The van der Waals surface area contributed by atoms with Crippen molar-refractivity contribution in [1.82, 2.24) is 15.1 Å². The number of amides is 2. The molecule has 6 nitrogen and oxygen atoms in total. The van der Waals surface area contributed by atoms with Crippen LogP contribution in [-0.4, -0.2) is 66.2 Å². The molecule has 1 aliphatic heterocycles. The standard InChI is InChI=1S/C13H23N3O3/c1-13(3-4-13)10-14-12(19)16-8-6-15(7-9-16)5-2-11(17)18/h2-10H2,1H3,(H,14,19)(H,17,18). The first-order valence-electron chi connectivity index (χ1n) is 6.95. The van der Waals surface area contributed by atoms with Crippen LogP contribution in [0.3, 0.4) is 0 Å². The summed E-state index contributed by atoms with van der Waals surface area (Å²) in [6.45, 7) is 6.42. The fourth-order valence-electron chi connectivity index (χ4n) is 2.22. The van der Waals surface area contributed by atoms with Crippen LogP contribution in [0.25, 0.3) is 0 Å². The molecule has 0 spiro atoms. The van der Waals surface area contributed by atoms with Gasteiger partial charge in [-0.15, -0.1) is 0 Å². The molecular formula is C13H23N3O3. The predicted octanol–water partition coefficient (Wildman–Crippen LogP) is 0.588. The summed E-state index contributed by atoms with van der Waals surface area (Å²) in [6.07, 6.45) is 2.58. The van der Waals surface area contributed by atoms with Gasteiger partial charge in [-0.2, -0.15) is 0 Å². The molecule has 1 aliphatic carbocycles. The zero-order valence-electron chi connectivity index (χ0n) is 11.5. The van der Waals surface area contributed by atoms with E-state index in [4.69, 9.17) is 5.11 Å². The Kier molecular flexibility index (Phi) is 4.29. The molecule has 2 fully saturated rings. The van der Waals surface area contributed by atoms with Gasteiger partial charge in [0, 0.05) is 39.3 Å². The molecule has 0 atom stereocenters. The lowest BCUT2D eigenvalue weighted by molar-refractivity contribution is -0.137. The molecule has 19 heavy (non-hydrogen) atoms. The van der Waals surface area contributed by atoms with Gasteiger partial charge in [-0.3, -0.25) is 9.69 Å². The van der Waals surface area contributed by atoms with Crippen molar-refractivity contribution in [2.24, 2.45) is 5.41 Å². The molecule has 108 valence electrons. The number of rotatable bonds is 5. The van der Waals surface area contributed by atoms with Crippen LogP contribution < -0.4 is 5.32 Å². The number of piperazine rings is 1. The van der Waals surface area contributed by atoms with Crippen molar-refractivity contribution in [2.45, 2.75) is 26.2 Å². The van der Waals surface area contributed by atoms with Gasteiger partial charge in [0.25, 0.3) is 0 Å². The average Bonchev–Trinajstić information content (AvgIpc) is 3.13. The number of carboxylic acid groups (broad SMARTS) is 1. The number of nitrogens with zero attached hydrogens (tertiary/aromatic N) is 2. The van der Waals surface area contributed by atoms with Crippen molar-refractivity contribution in [3.8, 4) is 0 Å². The van der Waals surface area contributed by atoms with E-state index in [1.165, 1.54) is 12.8 Å². The first kappa shape index (κ1) is 14.1. The fraction of sp³-hybridized carbons (Fsp3) is 0.846. The molecule has 1 saturated heterocycles. The largest absolute Gasteiger partial charge is 0.481 e. The molecular weight excluding hydrogens is 246 g/mol. The fourth-order valence-corrected chi connectivity index (χ4v) is 2.22. The number of nitrogens with one attached hydrogen (secondary N) is 1. The van der Waals surface area contributed by atoms with Crippen LogP contribution in [0.15, 0.2) is 0 Å². The maximum Gasteiger partial charge on any atom is 0.317 e. The van der Waals surface area contributed by atoms with E-state index in [0.29, 0.717) is 25.0 Å². The molecule has 0 aromatic carbocycles. The van der Waals surface area contributed by atoms with Crippen LogP contribution >= 0.6 is 0 Å². The van der Waals surface area contributed by atoms with Crippen molar-refractivity contribution in [2.75, 3.05) is 39.3 Å². The highest BCUT2D eigenvalue weighted by molar-refractivity contribution is 5.74. The highest BCUT2D eigenvalue weighted by Crippen LogP contribution is 2.44. The maximum absolute atomic E-state index is 11.9. The van der Waals surface area contributed by atoms with Crippen molar-refractivity contribution < 1.29 is 14.7 Å². The third kappa shape index (κ3) is 4.38. The quantitative estimate of drug-likeness (QED) is 0.766. The maximum atomic E-state index is 11.9. The Morgan fingerprint density at radius 2 is 1.84 bits per heavy atom. The molecule has 1 heterocycles. The highest BCUT2D eigenvalue weighted by Gasteiger charge is 2.37. The Morgan fingerprint density at radius 1 is 1.21 bits per heavy atom. The molecule has 0 aromatic rings. The number of carbonyl (C=O) groups is 2. The van der Waals surface area contributed by atoms with E-state index in [1.54, 1.807) is 0 Å². The van der Waals surface area contributed by atoms with Gasteiger partial charge in [0.2, 0.25) is 0 Å². The van der Waals surface area contributed by atoms with Crippen molar-refractivity contribution in [3.63, 3.8) is 0 Å². The molecule has 0 aromatic heterocycles. The van der Waals surface area contributed by atoms with Crippen LogP contribution in [0, 0.1) is 5.41 Å². The van der Waals surface area contributed by atoms with Gasteiger partial charge in [-0.1, -0.05) is 6.92 Å². The Balaban J connectivity index is 1.64. The average molecular weight is 269 g/mol. The Hall–Kier alpha value is -1.30. The number of urea groups is 1. The molecule has 0 bridgehead atoms. The van der Waals surface area contributed by atoms with Crippen LogP contribution in [0.4, 0.5) is 4.79 Å². The second kappa shape index (κ2) is 5.77. The van der Waals surface area contributed by atoms with Gasteiger partial charge < -0.3 is 15.3 Å². The topological polar surface area (TPSA) is 72.9 Å². The van der Waals surface area contributed by atoms with E-state index >= 15 is 0 Å².